The number of esters is 1. The number of hydrogen-bond donors (Lipinski definition) is 8. The molecule has 23 heteroatoms. The Hall–Kier alpha value is -7.34. The molecule has 6 aliphatic rings. The van der Waals surface area contributed by atoms with Crippen LogP contribution in [-0.2, 0) is 71.9 Å². The molecule has 4 aliphatic carbocycles. The van der Waals surface area contributed by atoms with Gasteiger partial charge in [-0.2, -0.15) is 0 Å². The van der Waals surface area contributed by atoms with Crippen molar-refractivity contribution in [3.05, 3.63) is 104 Å². The van der Waals surface area contributed by atoms with E-state index in [1.165, 1.54) is 11.6 Å². The number of unbranched alkanes of at least 4 members (excludes halogenated alkanes) is 2. The molecular formula is C60H72FN9O12S. The second-order valence-electron chi connectivity index (χ2n) is 22.0. The van der Waals surface area contributed by atoms with Crippen LogP contribution in [0.2, 0.25) is 0 Å². The van der Waals surface area contributed by atoms with E-state index in [1.54, 1.807) is 62.0 Å². The molecule has 1 aromatic heterocycles. The SMILES string of the molecule is CC[C@@]1(O)C(=O)OCC2=C1C=C1CC(CC2=O)Cc2c1nc1cc(F)c(C)c3c1c2[C@@H](NC(=O)COCNC(=O)CNC(=O)C(Cc1ccccc1)NC(=O)CNC(=O)CNC(=O)CCCCCN1C(=O)C(SCCN)CC1=C1CC1)CC3. The van der Waals surface area contributed by atoms with Crippen LogP contribution in [0, 0.1) is 18.7 Å². The van der Waals surface area contributed by atoms with Gasteiger partial charge in [-0.15, -0.1) is 11.8 Å². The first-order valence-corrected chi connectivity index (χ1v) is 29.6. The number of fused-ring (bicyclic) bond motifs is 5. The zero-order valence-electron chi connectivity index (χ0n) is 46.8. The summed E-state index contributed by atoms with van der Waals surface area (Å²) in [5, 5.41) is 27.9. The summed E-state index contributed by atoms with van der Waals surface area (Å²) in [6.07, 6.45) is 8.57. The number of carbonyl (C=O) groups is 9. The molecule has 3 heterocycles. The van der Waals surface area contributed by atoms with Crippen molar-refractivity contribution in [2.75, 3.05) is 58.4 Å². The standard InChI is InChI=1S/C60H72FN9O12S/c1-3-60(80)41-24-37-20-35(23-47(71)40(41)30-82-59(60)79)21-39-55-43(16-15-38-33(2)42(61)25-44(54(38)55)69-56(37)39)67-53(76)31-81-32-66-51(74)28-65-57(77)45(22-34-10-6-4-7-11-34)68-52(75)29-64-50(73)27-63-49(72)12-8-5-9-18-70-46(36-13-14-36)26-48(58(70)78)83-19-17-62/h4,6-7,10-11,24-25,35,43,45,48,80H,3,5,8-9,12-23,26-32,62H2,1-2H3,(H,63,72)(H,64,73)(H,65,77)(H,66,74)(H,67,76)(H,68,75)/t35?,43-,45?,48?,60-/m0/s1. The van der Waals surface area contributed by atoms with E-state index in [1.807, 2.05) is 4.90 Å². The Kier molecular flexibility index (Phi) is 19.5. The van der Waals surface area contributed by atoms with Crippen LogP contribution in [0.5, 0.6) is 0 Å². The Bertz CT molecular complexity index is 3200. The lowest BCUT2D eigenvalue weighted by molar-refractivity contribution is -0.163. The number of allylic oxidation sites excluding steroid dienone is 3. The molecule has 21 nitrogen and oxygen atoms in total. The second-order valence-corrected chi connectivity index (χ2v) is 23.3. The molecule has 2 fully saturated rings. The first-order valence-electron chi connectivity index (χ1n) is 28.6. The van der Waals surface area contributed by atoms with E-state index in [4.69, 9.17) is 20.2 Å². The number of rotatable bonds is 25. The Morgan fingerprint density at radius 1 is 0.904 bits per heavy atom. The minimum absolute atomic E-state index is 0.0298. The zero-order chi connectivity index (χ0) is 59.0. The number of benzene rings is 2. The number of halogens is 1. The van der Waals surface area contributed by atoms with Gasteiger partial charge >= 0.3 is 5.97 Å². The lowest BCUT2D eigenvalue weighted by atomic mass is 9.71. The van der Waals surface area contributed by atoms with Gasteiger partial charge < -0.3 is 57.1 Å². The number of aryl methyl sites for hydroxylation is 1. The van der Waals surface area contributed by atoms with E-state index in [9.17, 15) is 48.3 Å². The second kappa shape index (κ2) is 26.9. The quantitative estimate of drug-likeness (QED) is 0.0344. The van der Waals surface area contributed by atoms with Crippen LogP contribution in [0.1, 0.15) is 117 Å². The van der Waals surface area contributed by atoms with Crippen LogP contribution in [0.4, 0.5) is 4.39 Å². The van der Waals surface area contributed by atoms with Crippen LogP contribution < -0.4 is 37.6 Å². The van der Waals surface area contributed by atoms with E-state index in [-0.39, 0.29) is 78.7 Å². The van der Waals surface area contributed by atoms with Crippen molar-refractivity contribution in [3.63, 3.8) is 0 Å². The molecular weight excluding hydrogens is 1090 g/mol. The Morgan fingerprint density at radius 2 is 1.65 bits per heavy atom. The minimum atomic E-state index is -2.04. The summed E-state index contributed by atoms with van der Waals surface area (Å²) in [4.78, 5) is 125. The summed E-state index contributed by atoms with van der Waals surface area (Å²) < 4.78 is 26.4. The largest absolute Gasteiger partial charge is 0.458 e. The number of ether oxygens (including phenoxy) is 2. The first kappa shape index (κ1) is 60.3. The highest BCUT2D eigenvalue weighted by Crippen LogP contribution is 2.48. The maximum absolute atomic E-state index is 15.5. The number of aromatic nitrogens is 1. The number of likely N-dealkylation sites (tertiary alicyclic amines) is 1. The van der Waals surface area contributed by atoms with Gasteiger partial charge in [0.2, 0.25) is 41.4 Å². The molecule has 9 rings (SSSR count). The van der Waals surface area contributed by atoms with Crippen molar-refractivity contribution in [2.24, 2.45) is 11.7 Å². The Balaban J connectivity index is 0.726. The van der Waals surface area contributed by atoms with Gasteiger partial charge in [-0.3, -0.25) is 38.4 Å². The van der Waals surface area contributed by atoms with Crippen LogP contribution in [0.3, 0.4) is 0 Å². The normalized spacial score (nSPS) is 21.0. The number of hydrogen-bond acceptors (Lipinski definition) is 15. The molecule has 83 heavy (non-hydrogen) atoms. The molecule has 3 unspecified atom stereocenters. The molecule has 442 valence electrons. The number of Topliss-reactive ketones (excluding diaryl/α,β-unsaturated/α-hetero) is 1. The predicted octanol–water partition coefficient (Wildman–Crippen LogP) is 2.77. The average Bonchev–Trinajstić information content (AvgIpc) is 2.90. The van der Waals surface area contributed by atoms with Crippen molar-refractivity contribution in [1.29, 1.82) is 0 Å². The summed E-state index contributed by atoms with van der Waals surface area (Å²) in [6.45, 7) is 1.99. The van der Waals surface area contributed by atoms with E-state index < -0.39 is 85.4 Å². The van der Waals surface area contributed by atoms with Gasteiger partial charge in [0, 0.05) is 72.8 Å². The van der Waals surface area contributed by atoms with Gasteiger partial charge in [0.05, 0.1) is 42.1 Å². The molecule has 3 aromatic rings. The Labute approximate surface area is 484 Å². The third kappa shape index (κ3) is 14.2. The maximum Gasteiger partial charge on any atom is 0.343 e. The summed E-state index contributed by atoms with van der Waals surface area (Å²) >= 11 is 1.60. The minimum Gasteiger partial charge on any atom is -0.458 e. The van der Waals surface area contributed by atoms with Crippen molar-refractivity contribution in [3.8, 4) is 0 Å². The fourth-order valence-electron chi connectivity index (χ4n) is 11.8. The number of thioether (sulfide) groups is 1. The molecule has 0 radical (unpaired) electrons. The number of nitrogens with two attached hydrogens (primary N) is 1. The third-order valence-corrected chi connectivity index (χ3v) is 17.5. The zero-order valence-corrected chi connectivity index (χ0v) is 47.6. The summed E-state index contributed by atoms with van der Waals surface area (Å²) in [6, 6.07) is 8.51. The van der Waals surface area contributed by atoms with Gasteiger partial charge in [-0.25, -0.2) is 14.2 Å². The Morgan fingerprint density at radius 3 is 2.41 bits per heavy atom. The first-order chi connectivity index (χ1) is 40.0. The van der Waals surface area contributed by atoms with Crippen molar-refractivity contribution < 1.29 is 62.1 Å². The van der Waals surface area contributed by atoms with Gasteiger partial charge in [0.15, 0.2) is 11.4 Å². The topological polar surface area (TPSA) is 307 Å². The molecule has 2 aromatic carbocycles. The monoisotopic (exact) mass is 1160 g/mol. The smallest absolute Gasteiger partial charge is 0.343 e. The molecule has 2 aliphatic heterocycles. The van der Waals surface area contributed by atoms with Gasteiger partial charge in [-0.1, -0.05) is 43.7 Å². The number of ketones is 1. The number of nitrogens with one attached hydrogen (secondary N) is 6. The average molecular weight is 1160 g/mol. The highest BCUT2D eigenvalue weighted by molar-refractivity contribution is 8.00. The molecule has 2 bridgehead atoms. The summed E-state index contributed by atoms with van der Waals surface area (Å²) in [5.74, 6) is -4.28. The van der Waals surface area contributed by atoms with Gasteiger partial charge in [-0.05, 0) is 116 Å². The lowest BCUT2D eigenvalue weighted by Gasteiger charge is -2.38. The fourth-order valence-corrected chi connectivity index (χ4v) is 12.8. The van der Waals surface area contributed by atoms with Crippen LogP contribution in [0.25, 0.3) is 16.5 Å². The van der Waals surface area contributed by atoms with Crippen LogP contribution in [0.15, 0.2) is 64.9 Å². The van der Waals surface area contributed by atoms with Gasteiger partial charge in [0.1, 0.15) is 31.8 Å². The van der Waals surface area contributed by atoms with Crippen LogP contribution >= 0.6 is 11.8 Å². The van der Waals surface area contributed by atoms with E-state index in [0.717, 1.165) is 65.6 Å². The van der Waals surface area contributed by atoms with Crippen LogP contribution in [-0.4, -0.2) is 143 Å². The molecule has 0 spiro atoms. The summed E-state index contributed by atoms with van der Waals surface area (Å²) in [7, 11) is 0. The van der Waals surface area contributed by atoms with Gasteiger partial charge in [0.25, 0.3) is 0 Å². The highest BCUT2D eigenvalue weighted by atomic mass is 32.2. The van der Waals surface area contributed by atoms with Crippen molar-refractivity contribution in [2.45, 2.75) is 127 Å². The fraction of sp³-hybridized carbons (Fsp3) is 0.500. The van der Waals surface area contributed by atoms with E-state index in [2.05, 4.69) is 31.9 Å². The number of pyridine rings is 1. The number of carbonyl (C=O) groups excluding carboxylic acids is 9. The summed E-state index contributed by atoms with van der Waals surface area (Å²) in [5.41, 5.74) is 11.7. The van der Waals surface area contributed by atoms with E-state index >= 15 is 4.39 Å². The molecule has 7 amide bonds. The molecule has 1 saturated carbocycles. The number of aliphatic hydroxyl groups is 1. The lowest BCUT2D eigenvalue weighted by Crippen LogP contribution is -2.52. The van der Waals surface area contributed by atoms with Crippen molar-refractivity contribution >= 4 is 81.3 Å². The number of nitrogens with zero attached hydrogens (tertiary/aromatic N) is 2. The highest BCUT2D eigenvalue weighted by Gasteiger charge is 2.47. The molecule has 9 N–H and O–H groups in total. The third-order valence-electron chi connectivity index (χ3n) is 16.2. The predicted molar refractivity (Wildman–Crippen MR) is 305 cm³/mol. The van der Waals surface area contributed by atoms with E-state index in [0.29, 0.717) is 73.1 Å². The number of cyclic esters (lactones) is 1. The maximum atomic E-state index is 15.5. The molecule has 5 atom stereocenters. The van der Waals surface area contributed by atoms with Crippen molar-refractivity contribution in [1.82, 2.24) is 41.8 Å². The molecule has 1 saturated heterocycles. The number of amides is 7.